The minimum atomic E-state index is -0.355. The second kappa shape index (κ2) is 6.85. The summed E-state index contributed by atoms with van der Waals surface area (Å²) < 4.78 is 0. The van der Waals surface area contributed by atoms with Gasteiger partial charge in [0.1, 0.15) is 12.4 Å². The molecule has 0 fully saturated rings. The Morgan fingerprint density at radius 1 is 1.29 bits per heavy atom. The Hall–Kier alpha value is -3.15. The molecule has 0 saturated carbocycles. The van der Waals surface area contributed by atoms with Gasteiger partial charge in [0.2, 0.25) is 0 Å². The zero-order valence-corrected chi connectivity index (χ0v) is 11.0. The van der Waals surface area contributed by atoms with E-state index in [1.807, 2.05) is 6.07 Å². The number of anilines is 1. The van der Waals surface area contributed by atoms with Gasteiger partial charge in [-0.2, -0.15) is 5.26 Å². The Balaban J connectivity index is 2.17. The fraction of sp³-hybridized carbons (Fsp3) is 0.0625. The van der Waals surface area contributed by atoms with Crippen LogP contribution in [-0.2, 0) is 0 Å². The number of amides is 1. The van der Waals surface area contributed by atoms with E-state index in [9.17, 15) is 4.79 Å². The van der Waals surface area contributed by atoms with Crippen LogP contribution in [0, 0.1) is 23.2 Å². The average Bonchev–Trinajstić information content (AvgIpc) is 2.53. The molecule has 0 aliphatic carbocycles. The third-order valence-electron chi connectivity index (χ3n) is 2.57. The van der Waals surface area contributed by atoms with Crippen LogP contribution in [-0.4, -0.2) is 22.6 Å². The van der Waals surface area contributed by atoms with Gasteiger partial charge in [-0.15, -0.1) is 0 Å². The molecule has 0 unspecified atom stereocenters. The lowest BCUT2D eigenvalue weighted by molar-refractivity contribution is 0.102. The Labute approximate surface area is 121 Å². The topological polar surface area (TPSA) is 86.0 Å². The van der Waals surface area contributed by atoms with Crippen molar-refractivity contribution in [2.75, 3.05) is 11.9 Å². The lowest BCUT2D eigenvalue weighted by Crippen LogP contribution is -2.13. The fourth-order valence-electron chi connectivity index (χ4n) is 1.64. The van der Waals surface area contributed by atoms with Crippen LogP contribution in [0.5, 0.6) is 0 Å². The first kappa shape index (κ1) is 14.3. The SMILES string of the molecule is N#Cc1cccc(C(=O)Nc2cc(C#CCO)ccn2)c1. The smallest absolute Gasteiger partial charge is 0.256 e. The van der Waals surface area contributed by atoms with Gasteiger partial charge in [0.25, 0.3) is 5.91 Å². The number of carbonyl (C=O) groups is 1. The number of nitrogens with one attached hydrogen (secondary N) is 1. The van der Waals surface area contributed by atoms with Gasteiger partial charge in [-0.1, -0.05) is 17.9 Å². The number of nitrogens with zero attached hydrogens (tertiary/aromatic N) is 2. The maximum atomic E-state index is 12.1. The van der Waals surface area contributed by atoms with Crippen molar-refractivity contribution >= 4 is 11.7 Å². The highest BCUT2D eigenvalue weighted by atomic mass is 16.2. The van der Waals surface area contributed by atoms with Crippen LogP contribution in [0.2, 0.25) is 0 Å². The highest BCUT2D eigenvalue weighted by Crippen LogP contribution is 2.10. The predicted molar refractivity (Wildman–Crippen MR) is 77.3 cm³/mol. The molecule has 5 nitrogen and oxygen atoms in total. The Kier molecular flexibility index (Phi) is 4.66. The van der Waals surface area contributed by atoms with Crippen LogP contribution in [0.3, 0.4) is 0 Å². The minimum Gasteiger partial charge on any atom is -0.384 e. The molecule has 0 aliphatic rings. The van der Waals surface area contributed by atoms with Crippen LogP contribution in [0.25, 0.3) is 0 Å². The van der Waals surface area contributed by atoms with Gasteiger partial charge in [-0.25, -0.2) is 4.98 Å². The van der Waals surface area contributed by atoms with E-state index < -0.39 is 0 Å². The maximum Gasteiger partial charge on any atom is 0.256 e. The van der Waals surface area contributed by atoms with E-state index in [1.165, 1.54) is 12.3 Å². The molecule has 0 saturated heterocycles. The first-order valence-electron chi connectivity index (χ1n) is 6.10. The predicted octanol–water partition coefficient (Wildman–Crippen LogP) is 1.55. The average molecular weight is 277 g/mol. The molecule has 0 radical (unpaired) electrons. The van der Waals surface area contributed by atoms with Crippen molar-refractivity contribution in [3.8, 4) is 17.9 Å². The van der Waals surface area contributed by atoms with Crippen molar-refractivity contribution in [1.29, 1.82) is 5.26 Å². The molecule has 1 aromatic carbocycles. The van der Waals surface area contributed by atoms with E-state index in [0.717, 1.165) is 0 Å². The van der Waals surface area contributed by atoms with E-state index >= 15 is 0 Å². The van der Waals surface area contributed by atoms with Crippen molar-refractivity contribution < 1.29 is 9.90 Å². The summed E-state index contributed by atoms with van der Waals surface area (Å²) in [5.74, 6) is 5.25. The molecular formula is C16H11N3O2. The first-order valence-corrected chi connectivity index (χ1v) is 6.10. The molecule has 21 heavy (non-hydrogen) atoms. The van der Waals surface area contributed by atoms with Crippen LogP contribution in [0.4, 0.5) is 5.82 Å². The van der Waals surface area contributed by atoms with Gasteiger partial charge < -0.3 is 10.4 Å². The monoisotopic (exact) mass is 277 g/mol. The van der Waals surface area contributed by atoms with E-state index in [-0.39, 0.29) is 12.5 Å². The normalized spacial score (nSPS) is 9.14. The largest absolute Gasteiger partial charge is 0.384 e. The third kappa shape index (κ3) is 3.90. The zero-order valence-electron chi connectivity index (χ0n) is 11.0. The van der Waals surface area contributed by atoms with E-state index in [1.54, 1.807) is 30.3 Å². The molecule has 5 heteroatoms. The van der Waals surface area contributed by atoms with Crippen molar-refractivity contribution in [3.63, 3.8) is 0 Å². The lowest BCUT2D eigenvalue weighted by Gasteiger charge is -2.04. The highest BCUT2D eigenvalue weighted by molar-refractivity contribution is 6.04. The summed E-state index contributed by atoms with van der Waals surface area (Å²) in [5.41, 5.74) is 1.43. The Bertz CT molecular complexity index is 767. The molecule has 1 heterocycles. The lowest BCUT2D eigenvalue weighted by atomic mass is 10.1. The molecule has 1 aromatic heterocycles. The van der Waals surface area contributed by atoms with Gasteiger partial charge >= 0.3 is 0 Å². The summed E-state index contributed by atoms with van der Waals surface area (Å²) in [5, 5.41) is 20.1. The first-order chi connectivity index (χ1) is 10.2. The van der Waals surface area contributed by atoms with Crippen LogP contribution < -0.4 is 5.32 Å². The summed E-state index contributed by atoms with van der Waals surface area (Å²) in [7, 11) is 0. The second-order valence-electron chi connectivity index (χ2n) is 4.04. The van der Waals surface area contributed by atoms with Crippen LogP contribution >= 0.6 is 0 Å². The Morgan fingerprint density at radius 3 is 2.90 bits per heavy atom. The number of aliphatic hydroxyl groups excluding tert-OH is 1. The maximum absolute atomic E-state index is 12.1. The zero-order chi connectivity index (χ0) is 15.1. The van der Waals surface area contributed by atoms with Gasteiger partial charge in [0.05, 0.1) is 11.6 Å². The summed E-state index contributed by atoms with van der Waals surface area (Å²) in [4.78, 5) is 16.1. The number of aliphatic hydroxyl groups is 1. The fourth-order valence-corrected chi connectivity index (χ4v) is 1.64. The molecule has 1 amide bonds. The Morgan fingerprint density at radius 2 is 2.14 bits per heavy atom. The van der Waals surface area contributed by atoms with Crippen molar-refractivity contribution in [1.82, 2.24) is 4.98 Å². The summed E-state index contributed by atoms with van der Waals surface area (Å²) in [6, 6.07) is 11.7. The number of hydrogen-bond donors (Lipinski definition) is 2. The second-order valence-corrected chi connectivity index (χ2v) is 4.04. The molecule has 0 aliphatic heterocycles. The molecule has 0 spiro atoms. The number of aromatic nitrogens is 1. The van der Waals surface area contributed by atoms with Crippen LogP contribution in [0.1, 0.15) is 21.5 Å². The number of rotatable bonds is 2. The number of nitriles is 1. The van der Waals surface area contributed by atoms with E-state index in [2.05, 4.69) is 22.1 Å². The van der Waals surface area contributed by atoms with Gasteiger partial charge in [0.15, 0.2) is 0 Å². The van der Waals surface area contributed by atoms with Crippen molar-refractivity contribution in [3.05, 3.63) is 59.3 Å². The number of hydrogen-bond acceptors (Lipinski definition) is 4. The molecule has 102 valence electrons. The van der Waals surface area contributed by atoms with Crippen molar-refractivity contribution in [2.24, 2.45) is 0 Å². The molecule has 2 aromatic rings. The molecule has 0 bridgehead atoms. The molecular weight excluding hydrogens is 266 g/mol. The number of benzene rings is 1. The van der Waals surface area contributed by atoms with E-state index in [4.69, 9.17) is 10.4 Å². The number of carbonyl (C=O) groups excluding carboxylic acids is 1. The standard InChI is InChI=1S/C16H11N3O2/c17-11-13-3-1-5-14(9-13)16(21)19-15-10-12(4-2-8-20)6-7-18-15/h1,3,5-7,9-10,20H,8H2,(H,18,19,21). The number of pyridine rings is 1. The quantitative estimate of drug-likeness (QED) is 0.815. The third-order valence-corrected chi connectivity index (χ3v) is 2.57. The molecule has 2 rings (SSSR count). The summed E-state index contributed by atoms with van der Waals surface area (Å²) >= 11 is 0. The summed E-state index contributed by atoms with van der Waals surface area (Å²) in [6.07, 6.45) is 1.52. The molecule has 2 N–H and O–H groups in total. The van der Waals surface area contributed by atoms with Crippen LogP contribution in [0.15, 0.2) is 42.6 Å². The highest BCUT2D eigenvalue weighted by Gasteiger charge is 2.07. The summed E-state index contributed by atoms with van der Waals surface area (Å²) in [6.45, 7) is -0.231. The van der Waals surface area contributed by atoms with Gasteiger partial charge in [0, 0.05) is 17.3 Å². The minimum absolute atomic E-state index is 0.231. The van der Waals surface area contributed by atoms with Gasteiger partial charge in [-0.05, 0) is 30.3 Å². The van der Waals surface area contributed by atoms with Gasteiger partial charge in [-0.3, -0.25) is 4.79 Å². The van der Waals surface area contributed by atoms with E-state index in [0.29, 0.717) is 22.5 Å². The molecule has 0 atom stereocenters. The van der Waals surface area contributed by atoms with Crippen molar-refractivity contribution in [2.45, 2.75) is 0 Å².